The van der Waals surface area contributed by atoms with Crippen molar-refractivity contribution in [3.05, 3.63) is 11.6 Å². The van der Waals surface area contributed by atoms with Crippen molar-refractivity contribution < 1.29 is 9.90 Å². The highest BCUT2D eigenvalue weighted by atomic mass is 16.3. The fourth-order valence-corrected chi connectivity index (χ4v) is 8.43. The van der Waals surface area contributed by atoms with Gasteiger partial charge in [-0.05, 0) is 92.4 Å². The molecule has 0 saturated heterocycles. The molecule has 7 atom stereocenters. The molecular formula is C28H46O2. The molecule has 4 aliphatic rings. The number of ketones is 1. The van der Waals surface area contributed by atoms with Crippen LogP contribution in [0.5, 0.6) is 0 Å². The number of rotatable bonds is 7. The standard InChI is InChI=1S/C28H46O2/c1-5-6-7-8-9-10-11-20-18-21-19-22(29)12-15-26(21,2)23-13-16-27(3)24(25(20)23)14-17-28(27,4)30/h19-20,23-25,30H,5-18H2,1-4H3/t20?,23-,24-,25+,26-,27-,28?/m0/s1. The minimum absolute atomic E-state index is 0.0790. The number of hydrogen-bond donors (Lipinski definition) is 1. The van der Waals surface area contributed by atoms with Gasteiger partial charge in [-0.2, -0.15) is 0 Å². The van der Waals surface area contributed by atoms with Gasteiger partial charge in [0.25, 0.3) is 0 Å². The van der Waals surface area contributed by atoms with E-state index in [1.54, 1.807) is 0 Å². The Morgan fingerprint density at radius 2 is 1.67 bits per heavy atom. The quantitative estimate of drug-likeness (QED) is 0.446. The zero-order valence-electron chi connectivity index (χ0n) is 20.1. The molecule has 0 aromatic heterocycles. The molecule has 30 heavy (non-hydrogen) atoms. The summed E-state index contributed by atoms with van der Waals surface area (Å²) in [4.78, 5) is 12.3. The van der Waals surface area contributed by atoms with Crippen LogP contribution in [0.3, 0.4) is 0 Å². The van der Waals surface area contributed by atoms with Crippen LogP contribution in [0.4, 0.5) is 0 Å². The Kier molecular flexibility index (Phi) is 6.30. The summed E-state index contributed by atoms with van der Waals surface area (Å²) < 4.78 is 0. The van der Waals surface area contributed by atoms with Crippen molar-refractivity contribution in [2.45, 2.75) is 123 Å². The summed E-state index contributed by atoms with van der Waals surface area (Å²) in [7, 11) is 0. The highest BCUT2D eigenvalue weighted by Gasteiger charge is 2.64. The Morgan fingerprint density at radius 3 is 2.43 bits per heavy atom. The summed E-state index contributed by atoms with van der Waals surface area (Å²) in [5, 5.41) is 11.3. The summed E-state index contributed by atoms with van der Waals surface area (Å²) in [5.41, 5.74) is 1.29. The van der Waals surface area contributed by atoms with Gasteiger partial charge in [-0.25, -0.2) is 0 Å². The number of carbonyl (C=O) groups excluding carboxylic acids is 1. The second kappa shape index (κ2) is 8.38. The van der Waals surface area contributed by atoms with Gasteiger partial charge in [-0.1, -0.05) is 64.9 Å². The predicted octanol–water partition coefficient (Wildman–Crippen LogP) is 7.25. The van der Waals surface area contributed by atoms with Gasteiger partial charge in [0.05, 0.1) is 5.60 Å². The lowest BCUT2D eigenvalue weighted by molar-refractivity contribution is -0.135. The van der Waals surface area contributed by atoms with Crippen LogP contribution >= 0.6 is 0 Å². The molecule has 4 aliphatic carbocycles. The van der Waals surface area contributed by atoms with Crippen LogP contribution in [0.2, 0.25) is 0 Å². The largest absolute Gasteiger partial charge is 0.390 e. The van der Waals surface area contributed by atoms with E-state index in [1.807, 2.05) is 0 Å². The lowest BCUT2D eigenvalue weighted by Gasteiger charge is -2.61. The van der Waals surface area contributed by atoms with E-state index in [0.29, 0.717) is 23.5 Å². The molecule has 0 radical (unpaired) electrons. The third kappa shape index (κ3) is 3.63. The van der Waals surface area contributed by atoms with E-state index in [2.05, 4.69) is 33.8 Å². The maximum atomic E-state index is 12.3. The highest BCUT2D eigenvalue weighted by molar-refractivity contribution is 5.91. The average Bonchev–Trinajstić information content (AvgIpc) is 2.95. The molecule has 2 unspecified atom stereocenters. The van der Waals surface area contributed by atoms with Gasteiger partial charge in [-0.3, -0.25) is 4.79 Å². The minimum Gasteiger partial charge on any atom is -0.390 e. The van der Waals surface area contributed by atoms with Crippen LogP contribution in [0, 0.1) is 34.5 Å². The van der Waals surface area contributed by atoms with E-state index in [1.165, 1.54) is 63.4 Å². The van der Waals surface area contributed by atoms with Gasteiger partial charge < -0.3 is 5.11 Å². The molecule has 0 aliphatic heterocycles. The molecule has 0 bridgehead atoms. The molecule has 0 amide bonds. The molecule has 3 fully saturated rings. The van der Waals surface area contributed by atoms with E-state index in [4.69, 9.17) is 0 Å². The van der Waals surface area contributed by atoms with Crippen molar-refractivity contribution in [1.29, 1.82) is 0 Å². The Balaban J connectivity index is 1.57. The second-order valence-corrected chi connectivity index (χ2v) is 12.1. The molecule has 4 rings (SSSR count). The Hall–Kier alpha value is -0.630. The zero-order valence-corrected chi connectivity index (χ0v) is 20.1. The maximum absolute atomic E-state index is 12.3. The van der Waals surface area contributed by atoms with E-state index in [-0.39, 0.29) is 10.8 Å². The van der Waals surface area contributed by atoms with Crippen molar-refractivity contribution in [3.63, 3.8) is 0 Å². The molecule has 2 nitrogen and oxygen atoms in total. The molecule has 2 heteroatoms. The molecule has 0 heterocycles. The monoisotopic (exact) mass is 414 g/mol. The lowest BCUT2D eigenvalue weighted by Crippen LogP contribution is -2.56. The predicted molar refractivity (Wildman–Crippen MR) is 124 cm³/mol. The summed E-state index contributed by atoms with van der Waals surface area (Å²) in [6, 6.07) is 0. The highest BCUT2D eigenvalue weighted by Crippen LogP contribution is 2.69. The van der Waals surface area contributed by atoms with Crippen molar-refractivity contribution in [1.82, 2.24) is 0 Å². The van der Waals surface area contributed by atoms with Crippen LogP contribution in [0.1, 0.15) is 118 Å². The maximum Gasteiger partial charge on any atom is 0.155 e. The first-order valence-corrected chi connectivity index (χ1v) is 13.2. The van der Waals surface area contributed by atoms with Crippen LogP contribution in [0.25, 0.3) is 0 Å². The number of hydrogen-bond acceptors (Lipinski definition) is 2. The van der Waals surface area contributed by atoms with Crippen molar-refractivity contribution >= 4 is 5.78 Å². The number of allylic oxidation sites excluding steroid dienone is 1. The molecule has 0 aromatic carbocycles. The fourth-order valence-electron chi connectivity index (χ4n) is 8.43. The van der Waals surface area contributed by atoms with E-state index >= 15 is 0 Å². The van der Waals surface area contributed by atoms with Crippen molar-refractivity contribution in [2.75, 3.05) is 0 Å². The van der Waals surface area contributed by atoms with Gasteiger partial charge >= 0.3 is 0 Å². The molecular weight excluding hydrogens is 368 g/mol. The first-order valence-electron chi connectivity index (χ1n) is 13.2. The third-order valence-corrected chi connectivity index (χ3v) is 10.6. The van der Waals surface area contributed by atoms with Gasteiger partial charge in [0, 0.05) is 6.42 Å². The normalized spacial score (nSPS) is 45.5. The SMILES string of the molecule is CCCCCCCCC1CC2=CC(=O)CC[C@]2(C)[C@H]2CC[C@@]3(C)[C@@H](CCC3(C)O)[C@H]12. The first-order chi connectivity index (χ1) is 14.2. The second-order valence-electron chi connectivity index (χ2n) is 12.1. The van der Waals surface area contributed by atoms with Crippen LogP contribution in [-0.4, -0.2) is 16.5 Å². The number of carbonyl (C=O) groups is 1. The number of aliphatic hydroxyl groups is 1. The van der Waals surface area contributed by atoms with Crippen molar-refractivity contribution in [2.24, 2.45) is 34.5 Å². The lowest BCUT2D eigenvalue weighted by atomic mass is 9.44. The molecule has 1 N–H and O–H groups in total. The first kappa shape index (κ1) is 22.6. The third-order valence-electron chi connectivity index (χ3n) is 10.6. The average molecular weight is 415 g/mol. The Morgan fingerprint density at radius 1 is 0.967 bits per heavy atom. The van der Waals surface area contributed by atoms with Gasteiger partial charge in [0.1, 0.15) is 0 Å². The van der Waals surface area contributed by atoms with E-state index < -0.39 is 5.60 Å². The van der Waals surface area contributed by atoms with E-state index in [0.717, 1.165) is 38.0 Å². The van der Waals surface area contributed by atoms with Crippen LogP contribution in [0.15, 0.2) is 11.6 Å². The molecule has 0 spiro atoms. The van der Waals surface area contributed by atoms with Crippen LogP contribution in [-0.2, 0) is 4.79 Å². The Labute approximate surface area is 185 Å². The summed E-state index contributed by atoms with van der Waals surface area (Å²) in [6.07, 6.45) is 19.1. The summed E-state index contributed by atoms with van der Waals surface area (Å²) in [6.45, 7) is 9.29. The number of unbranched alkanes of at least 4 members (excludes halogenated alkanes) is 5. The smallest absolute Gasteiger partial charge is 0.155 e. The van der Waals surface area contributed by atoms with Gasteiger partial charge in [0.15, 0.2) is 5.78 Å². The Bertz CT molecular complexity index is 676. The minimum atomic E-state index is -0.507. The van der Waals surface area contributed by atoms with Crippen LogP contribution < -0.4 is 0 Å². The molecule has 170 valence electrons. The molecule has 3 saturated carbocycles. The van der Waals surface area contributed by atoms with Gasteiger partial charge in [-0.15, -0.1) is 0 Å². The van der Waals surface area contributed by atoms with Crippen molar-refractivity contribution in [3.8, 4) is 0 Å². The van der Waals surface area contributed by atoms with Gasteiger partial charge in [0.2, 0.25) is 0 Å². The number of fused-ring (bicyclic) bond motifs is 5. The van der Waals surface area contributed by atoms with E-state index in [9.17, 15) is 9.90 Å². The fraction of sp³-hybridized carbons (Fsp3) is 0.893. The molecule has 0 aromatic rings. The topological polar surface area (TPSA) is 37.3 Å². The zero-order chi connectivity index (χ0) is 21.6. The summed E-state index contributed by atoms with van der Waals surface area (Å²) >= 11 is 0. The summed E-state index contributed by atoms with van der Waals surface area (Å²) in [5.74, 6) is 3.19.